The Morgan fingerprint density at radius 1 is 1.17 bits per heavy atom. The zero-order chi connectivity index (χ0) is 24.6. The van der Waals surface area contributed by atoms with E-state index in [0.29, 0.717) is 49.8 Å². The van der Waals surface area contributed by atoms with Crippen LogP contribution in [0, 0.1) is 6.92 Å². The van der Waals surface area contributed by atoms with Gasteiger partial charge in [0.05, 0.1) is 0 Å². The van der Waals surface area contributed by atoms with Crippen molar-refractivity contribution in [2.24, 2.45) is 0 Å². The summed E-state index contributed by atoms with van der Waals surface area (Å²) in [5.41, 5.74) is 2.37. The van der Waals surface area contributed by atoms with Crippen LogP contribution < -0.4 is 26.6 Å². The van der Waals surface area contributed by atoms with E-state index in [9.17, 15) is 14.4 Å². The molecule has 0 bridgehead atoms. The van der Waals surface area contributed by atoms with Gasteiger partial charge in [-0.25, -0.2) is 9.78 Å². The Balaban J connectivity index is 1.25. The van der Waals surface area contributed by atoms with E-state index < -0.39 is 6.04 Å². The van der Waals surface area contributed by atoms with Crippen molar-refractivity contribution in [3.05, 3.63) is 36.0 Å². The first kappa shape index (κ1) is 24.2. The Hall–Kier alpha value is -3.89. The summed E-state index contributed by atoms with van der Waals surface area (Å²) >= 11 is 0. The molecule has 1 aromatic heterocycles. The molecule has 0 aliphatic carbocycles. The second-order valence-electron chi connectivity index (χ2n) is 8.79. The molecule has 0 spiro atoms. The molecule has 11 heteroatoms. The van der Waals surface area contributed by atoms with Crippen molar-refractivity contribution in [3.8, 4) is 0 Å². The van der Waals surface area contributed by atoms with Gasteiger partial charge >= 0.3 is 6.03 Å². The lowest BCUT2D eigenvalue weighted by molar-refractivity contribution is -0.125. The van der Waals surface area contributed by atoms with E-state index in [4.69, 9.17) is 0 Å². The third-order valence-corrected chi connectivity index (χ3v) is 5.99. The molecular formula is C24H32N8O3. The van der Waals surface area contributed by atoms with Gasteiger partial charge in [0.15, 0.2) is 0 Å². The summed E-state index contributed by atoms with van der Waals surface area (Å²) in [5.74, 6) is 0.926. The smallest absolute Gasteiger partial charge is 0.321 e. The van der Waals surface area contributed by atoms with Gasteiger partial charge < -0.3 is 31.5 Å². The number of carbonyl (C=O) groups is 3. The van der Waals surface area contributed by atoms with Gasteiger partial charge in [0, 0.05) is 55.7 Å². The molecule has 186 valence electrons. The molecule has 2 aliphatic rings. The predicted molar refractivity (Wildman–Crippen MR) is 134 cm³/mol. The number of amides is 4. The van der Waals surface area contributed by atoms with Crippen LogP contribution in [0.3, 0.4) is 0 Å². The Kier molecular flexibility index (Phi) is 7.96. The molecule has 1 atom stereocenters. The summed E-state index contributed by atoms with van der Waals surface area (Å²) in [7, 11) is 0. The van der Waals surface area contributed by atoms with E-state index in [1.807, 2.05) is 36.1 Å². The summed E-state index contributed by atoms with van der Waals surface area (Å²) in [6, 6.07) is 6.95. The Bertz CT molecular complexity index is 1070. The van der Waals surface area contributed by atoms with Crippen LogP contribution in [0.15, 0.2) is 30.5 Å². The van der Waals surface area contributed by atoms with Crippen LogP contribution in [0.4, 0.5) is 27.9 Å². The monoisotopic (exact) mass is 480 g/mol. The maximum atomic E-state index is 12.4. The van der Waals surface area contributed by atoms with Crippen molar-refractivity contribution >= 4 is 41.0 Å². The van der Waals surface area contributed by atoms with E-state index in [1.54, 1.807) is 6.20 Å². The zero-order valence-electron chi connectivity index (χ0n) is 19.9. The van der Waals surface area contributed by atoms with Gasteiger partial charge in [0.2, 0.25) is 17.8 Å². The summed E-state index contributed by atoms with van der Waals surface area (Å²) in [4.78, 5) is 46.4. The van der Waals surface area contributed by atoms with Crippen molar-refractivity contribution in [1.82, 2.24) is 25.5 Å². The molecule has 2 fully saturated rings. The average Bonchev–Trinajstić information content (AvgIpc) is 3.53. The first-order valence-electron chi connectivity index (χ1n) is 12.1. The third kappa shape index (κ3) is 6.81. The SMILES string of the molecule is Cc1cnc(Nc2cccc(NC(=O)N3CCCC3)c2)nc1NCCCNC(=O)C1CCC(=O)N1. The molecule has 0 radical (unpaired) electrons. The van der Waals surface area contributed by atoms with Crippen LogP contribution in [0.25, 0.3) is 0 Å². The number of nitrogens with zero attached hydrogens (tertiary/aromatic N) is 3. The minimum Gasteiger partial charge on any atom is -0.370 e. The molecule has 1 unspecified atom stereocenters. The molecule has 2 saturated heterocycles. The van der Waals surface area contributed by atoms with E-state index in [2.05, 4.69) is 36.6 Å². The van der Waals surface area contributed by atoms with Crippen molar-refractivity contribution in [3.63, 3.8) is 0 Å². The topological polar surface area (TPSA) is 140 Å². The van der Waals surface area contributed by atoms with E-state index in [1.165, 1.54) is 0 Å². The number of aryl methyl sites for hydroxylation is 1. The van der Waals surface area contributed by atoms with Gasteiger partial charge in [0.25, 0.3) is 0 Å². The highest BCUT2D eigenvalue weighted by Crippen LogP contribution is 2.21. The highest BCUT2D eigenvalue weighted by atomic mass is 16.2. The van der Waals surface area contributed by atoms with Gasteiger partial charge in [-0.2, -0.15) is 4.98 Å². The number of benzene rings is 1. The molecule has 1 aromatic carbocycles. The quantitative estimate of drug-likeness (QED) is 0.347. The zero-order valence-corrected chi connectivity index (χ0v) is 19.9. The van der Waals surface area contributed by atoms with Gasteiger partial charge in [-0.05, 0) is 50.8 Å². The molecule has 3 heterocycles. The minimum atomic E-state index is -0.416. The average molecular weight is 481 g/mol. The molecular weight excluding hydrogens is 448 g/mol. The van der Waals surface area contributed by atoms with Crippen LogP contribution in [0.1, 0.15) is 37.7 Å². The molecule has 4 amide bonds. The Morgan fingerprint density at radius 3 is 2.74 bits per heavy atom. The van der Waals surface area contributed by atoms with Crippen LogP contribution in [-0.4, -0.2) is 64.9 Å². The number of rotatable bonds is 9. The molecule has 2 aromatic rings. The minimum absolute atomic E-state index is 0.0750. The summed E-state index contributed by atoms with van der Waals surface area (Å²) < 4.78 is 0. The van der Waals surface area contributed by atoms with Crippen molar-refractivity contribution in [1.29, 1.82) is 0 Å². The lowest BCUT2D eigenvalue weighted by Gasteiger charge is -2.16. The maximum absolute atomic E-state index is 12.4. The van der Waals surface area contributed by atoms with E-state index >= 15 is 0 Å². The van der Waals surface area contributed by atoms with Crippen molar-refractivity contribution < 1.29 is 14.4 Å². The number of hydrogen-bond acceptors (Lipinski definition) is 7. The fourth-order valence-corrected chi connectivity index (χ4v) is 4.05. The summed E-state index contributed by atoms with van der Waals surface area (Å²) in [6.07, 6.45) is 5.49. The number of likely N-dealkylation sites (tertiary alicyclic amines) is 1. The number of carbonyl (C=O) groups excluding carboxylic acids is 3. The normalized spacial score (nSPS) is 17.1. The highest BCUT2D eigenvalue weighted by molar-refractivity contribution is 5.91. The number of anilines is 4. The van der Waals surface area contributed by atoms with Crippen LogP contribution in [0.2, 0.25) is 0 Å². The largest absolute Gasteiger partial charge is 0.370 e. The molecule has 0 saturated carbocycles. The van der Waals surface area contributed by atoms with Gasteiger partial charge in [-0.15, -0.1) is 0 Å². The number of aromatic nitrogens is 2. The van der Waals surface area contributed by atoms with Crippen LogP contribution in [0.5, 0.6) is 0 Å². The molecule has 4 rings (SSSR count). The van der Waals surface area contributed by atoms with Crippen molar-refractivity contribution in [2.75, 3.05) is 42.1 Å². The fourth-order valence-electron chi connectivity index (χ4n) is 4.05. The lowest BCUT2D eigenvalue weighted by Crippen LogP contribution is -2.42. The maximum Gasteiger partial charge on any atom is 0.321 e. The number of urea groups is 1. The Morgan fingerprint density at radius 2 is 1.97 bits per heavy atom. The van der Waals surface area contributed by atoms with Crippen LogP contribution >= 0.6 is 0 Å². The molecule has 35 heavy (non-hydrogen) atoms. The molecule has 5 N–H and O–H groups in total. The highest BCUT2D eigenvalue weighted by Gasteiger charge is 2.26. The molecule has 2 aliphatic heterocycles. The lowest BCUT2D eigenvalue weighted by atomic mass is 10.2. The first-order chi connectivity index (χ1) is 17.0. The van der Waals surface area contributed by atoms with E-state index in [0.717, 1.165) is 37.2 Å². The summed E-state index contributed by atoms with van der Waals surface area (Å²) in [5, 5.41) is 14.9. The second-order valence-corrected chi connectivity index (χ2v) is 8.79. The first-order valence-corrected chi connectivity index (χ1v) is 12.1. The van der Waals surface area contributed by atoms with Gasteiger partial charge in [-0.3, -0.25) is 9.59 Å². The fraction of sp³-hybridized carbons (Fsp3) is 0.458. The van der Waals surface area contributed by atoms with E-state index in [-0.39, 0.29) is 17.8 Å². The second kappa shape index (κ2) is 11.5. The standard InChI is InChI=1S/C24H32N8O3/c1-16-15-27-23(28-17-6-4-7-18(14-17)29-24(35)32-12-2-3-13-32)31-21(16)25-10-5-11-26-22(34)19-8-9-20(33)30-19/h4,6-7,14-15,19H,2-3,5,8-13H2,1H3,(H,26,34)(H,29,35)(H,30,33)(H2,25,27,28,31). The van der Waals surface area contributed by atoms with Gasteiger partial charge in [0.1, 0.15) is 11.9 Å². The van der Waals surface area contributed by atoms with Gasteiger partial charge in [-0.1, -0.05) is 6.07 Å². The van der Waals surface area contributed by atoms with Crippen molar-refractivity contribution in [2.45, 2.75) is 45.1 Å². The molecule has 11 nitrogen and oxygen atoms in total. The number of nitrogens with one attached hydrogen (secondary N) is 5. The predicted octanol–water partition coefficient (Wildman–Crippen LogP) is 2.35. The Labute approximate surface area is 204 Å². The third-order valence-electron chi connectivity index (χ3n) is 5.99. The van der Waals surface area contributed by atoms with Crippen LogP contribution in [-0.2, 0) is 9.59 Å². The summed E-state index contributed by atoms with van der Waals surface area (Å²) in [6.45, 7) is 4.63. The number of hydrogen-bond donors (Lipinski definition) is 5.